The van der Waals surface area contributed by atoms with E-state index in [4.69, 9.17) is 21.1 Å². The fourth-order valence-electron chi connectivity index (χ4n) is 0.923. The molecule has 1 saturated heterocycles. The molecule has 58 valence electrons. The second-order valence-corrected chi connectivity index (χ2v) is 2.90. The SMILES string of the molecule is CC1(OC(=O)Cl)CCOC1. The maximum Gasteiger partial charge on any atom is 0.404 e. The first-order chi connectivity index (χ1) is 4.62. The van der Waals surface area contributed by atoms with Crippen molar-refractivity contribution in [3.63, 3.8) is 0 Å². The largest absolute Gasteiger partial charge is 0.445 e. The van der Waals surface area contributed by atoms with Gasteiger partial charge in [0.15, 0.2) is 0 Å². The molecule has 1 rings (SSSR count). The molecule has 1 aliphatic heterocycles. The first-order valence-electron chi connectivity index (χ1n) is 3.09. The molecule has 4 heteroatoms. The lowest BCUT2D eigenvalue weighted by atomic mass is 10.1. The zero-order valence-corrected chi connectivity index (χ0v) is 6.48. The fraction of sp³-hybridized carbons (Fsp3) is 0.833. The van der Waals surface area contributed by atoms with Gasteiger partial charge in [-0.05, 0) is 6.92 Å². The van der Waals surface area contributed by atoms with Gasteiger partial charge >= 0.3 is 5.43 Å². The normalized spacial score (nSPS) is 32.2. The van der Waals surface area contributed by atoms with Crippen molar-refractivity contribution in [2.45, 2.75) is 18.9 Å². The smallest absolute Gasteiger partial charge is 0.404 e. The van der Waals surface area contributed by atoms with Crippen molar-refractivity contribution in [3.8, 4) is 0 Å². The van der Waals surface area contributed by atoms with Crippen molar-refractivity contribution in [2.75, 3.05) is 13.2 Å². The van der Waals surface area contributed by atoms with E-state index < -0.39 is 11.0 Å². The maximum absolute atomic E-state index is 10.3. The van der Waals surface area contributed by atoms with Crippen LogP contribution < -0.4 is 0 Å². The van der Waals surface area contributed by atoms with E-state index in [0.29, 0.717) is 13.2 Å². The van der Waals surface area contributed by atoms with E-state index in [0.717, 1.165) is 6.42 Å². The molecule has 0 bridgehead atoms. The van der Waals surface area contributed by atoms with Crippen LogP contribution in [0.25, 0.3) is 0 Å². The first kappa shape index (κ1) is 7.82. The van der Waals surface area contributed by atoms with Gasteiger partial charge in [0.1, 0.15) is 5.60 Å². The Kier molecular flexibility index (Phi) is 2.16. The van der Waals surface area contributed by atoms with Crippen molar-refractivity contribution in [3.05, 3.63) is 0 Å². The number of halogens is 1. The molecule has 0 radical (unpaired) electrons. The number of hydrogen-bond donors (Lipinski definition) is 0. The van der Waals surface area contributed by atoms with Gasteiger partial charge in [-0.15, -0.1) is 0 Å². The van der Waals surface area contributed by atoms with E-state index in [-0.39, 0.29) is 0 Å². The lowest BCUT2D eigenvalue weighted by Gasteiger charge is -2.19. The van der Waals surface area contributed by atoms with Crippen LogP contribution in [-0.2, 0) is 9.47 Å². The topological polar surface area (TPSA) is 35.5 Å². The van der Waals surface area contributed by atoms with Crippen molar-refractivity contribution in [1.82, 2.24) is 0 Å². The number of carbonyl (C=O) groups is 1. The predicted molar refractivity (Wildman–Crippen MR) is 36.2 cm³/mol. The average Bonchev–Trinajstić information content (AvgIpc) is 2.12. The molecule has 10 heavy (non-hydrogen) atoms. The third-order valence-corrected chi connectivity index (χ3v) is 1.59. The Balaban J connectivity index is 2.43. The van der Waals surface area contributed by atoms with Gasteiger partial charge in [0, 0.05) is 18.0 Å². The van der Waals surface area contributed by atoms with Crippen molar-refractivity contribution >= 4 is 17.0 Å². The highest BCUT2D eigenvalue weighted by Gasteiger charge is 2.33. The molecule has 1 aliphatic rings. The van der Waals surface area contributed by atoms with Crippen LogP contribution in [0, 0.1) is 0 Å². The van der Waals surface area contributed by atoms with Gasteiger partial charge < -0.3 is 9.47 Å². The van der Waals surface area contributed by atoms with Gasteiger partial charge in [0.25, 0.3) is 0 Å². The monoisotopic (exact) mass is 164 g/mol. The highest BCUT2D eigenvalue weighted by atomic mass is 35.5. The highest BCUT2D eigenvalue weighted by Crippen LogP contribution is 2.22. The van der Waals surface area contributed by atoms with Crippen LogP contribution in [0.1, 0.15) is 13.3 Å². The van der Waals surface area contributed by atoms with E-state index in [2.05, 4.69) is 0 Å². The summed E-state index contributed by atoms with van der Waals surface area (Å²) in [4.78, 5) is 10.3. The van der Waals surface area contributed by atoms with E-state index in [1.54, 1.807) is 6.92 Å². The van der Waals surface area contributed by atoms with Gasteiger partial charge in [0.2, 0.25) is 0 Å². The van der Waals surface area contributed by atoms with Crippen LogP contribution in [0.4, 0.5) is 4.79 Å². The third-order valence-electron chi connectivity index (χ3n) is 1.51. The molecule has 0 aliphatic carbocycles. The molecule has 1 heterocycles. The highest BCUT2D eigenvalue weighted by molar-refractivity contribution is 6.61. The van der Waals surface area contributed by atoms with Gasteiger partial charge in [-0.2, -0.15) is 0 Å². The quantitative estimate of drug-likeness (QED) is 0.552. The van der Waals surface area contributed by atoms with Crippen LogP contribution in [0.15, 0.2) is 0 Å². The molecule has 1 atom stereocenters. The Bertz CT molecular complexity index is 140. The second kappa shape index (κ2) is 2.76. The summed E-state index contributed by atoms with van der Waals surface area (Å²) < 4.78 is 9.83. The summed E-state index contributed by atoms with van der Waals surface area (Å²) in [5.74, 6) is 0. The zero-order valence-electron chi connectivity index (χ0n) is 5.72. The van der Waals surface area contributed by atoms with Crippen LogP contribution in [-0.4, -0.2) is 24.2 Å². The van der Waals surface area contributed by atoms with Crippen LogP contribution in [0.5, 0.6) is 0 Å². The Morgan fingerprint density at radius 3 is 2.90 bits per heavy atom. The summed E-state index contributed by atoms with van der Waals surface area (Å²) in [7, 11) is 0. The van der Waals surface area contributed by atoms with Crippen molar-refractivity contribution < 1.29 is 14.3 Å². The molecule has 1 unspecified atom stereocenters. The maximum atomic E-state index is 10.3. The summed E-state index contributed by atoms with van der Waals surface area (Å²) in [5.41, 5.74) is -1.24. The molecule has 0 amide bonds. The summed E-state index contributed by atoms with van der Waals surface area (Å²) in [6, 6.07) is 0. The first-order valence-corrected chi connectivity index (χ1v) is 3.46. The molecule has 0 aromatic rings. The molecule has 0 aromatic heterocycles. The molecule has 0 saturated carbocycles. The minimum absolute atomic E-state index is 0.450. The minimum atomic E-state index is -0.756. The number of rotatable bonds is 1. The van der Waals surface area contributed by atoms with Gasteiger partial charge in [-0.1, -0.05) is 0 Å². The number of carbonyl (C=O) groups excluding carboxylic acids is 1. The van der Waals surface area contributed by atoms with Crippen LogP contribution >= 0.6 is 11.6 Å². The Hall–Kier alpha value is -0.280. The van der Waals surface area contributed by atoms with Crippen molar-refractivity contribution in [2.24, 2.45) is 0 Å². The van der Waals surface area contributed by atoms with E-state index in [1.165, 1.54) is 0 Å². The van der Waals surface area contributed by atoms with E-state index >= 15 is 0 Å². The lowest BCUT2D eigenvalue weighted by molar-refractivity contribution is 0.0306. The molecule has 0 aromatic carbocycles. The summed E-state index contributed by atoms with van der Waals surface area (Å²) in [6.07, 6.45) is 0.728. The Labute approximate surface area is 64.3 Å². The lowest BCUT2D eigenvalue weighted by Crippen LogP contribution is -2.29. The van der Waals surface area contributed by atoms with E-state index in [9.17, 15) is 4.79 Å². The van der Waals surface area contributed by atoms with Gasteiger partial charge in [0.05, 0.1) is 13.2 Å². The van der Waals surface area contributed by atoms with E-state index in [1.807, 2.05) is 0 Å². The second-order valence-electron chi connectivity index (χ2n) is 2.59. The average molecular weight is 165 g/mol. The standard InChI is InChI=1S/C6H9ClO3/c1-6(10-5(7)8)2-3-9-4-6/h2-4H2,1H3. The summed E-state index contributed by atoms with van der Waals surface area (Å²) >= 11 is 5.03. The molecule has 1 fully saturated rings. The molecular formula is C6H9ClO3. The third kappa shape index (κ3) is 1.85. The van der Waals surface area contributed by atoms with Crippen LogP contribution in [0.2, 0.25) is 0 Å². The van der Waals surface area contributed by atoms with Gasteiger partial charge in [-0.3, -0.25) is 0 Å². The molecule has 3 nitrogen and oxygen atoms in total. The predicted octanol–water partition coefficient (Wildman–Crippen LogP) is 1.54. The Morgan fingerprint density at radius 2 is 2.50 bits per heavy atom. The van der Waals surface area contributed by atoms with Crippen LogP contribution in [0.3, 0.4) is 0 Å². The van der Waals surface area contributed by atoms with Crippen molar-refractivity contribution in [1.29, 1.82) is 0 Å². The number of hydrogen-bond acceptors (Lipinski definition) is 3. The molecule has 0 N–H and O–H groups in total. The summed E-state index contributed by atoms with van der Waals surface area (Å²) in [6.45, 7) is 2.90. The fourth-order valence-corrected chi connectivity index (χ4v) is 1.11. The molecular weight excluding hydrogens is 156 g/mol. The minimum Gasteiger partial charge on any atom is -0.445 e. The Morgan fingerprint density at radius 1 is 1.80 bits per heavy atom. The summed E-state index contributed by atoms with van der Waals surface area (Å²) in [5, 5.41) is 0. The number of ether oxygens (including phenoxy) is 2. The van der Waals surface area contributed by atoms with Gasteiger partial charge in [-0.25, -0.2) is 4.79 Å². The zero-order chi connectivity index (χ0) is 7.61. The molecule has 0 spiro atoms.